The van der Waals surface area contributed by atoms with Gasteiger partial charge in [0, 0.05) is 35.8 Å². The Bertz CT molecular complexity index is 1890. The Morgan fingerprint density at radius 1 is 1.04 bits per heavy atom. The third-order valence-corrected chi connectivity index (χ3v) is 8.06. The average molecular weight is 683 g/mol. The summed E-state index contributed by atoms with van der Waals surface area (Å²) in [7, 11) is 3.46. The first kappa shape index (κ1) is 35.7. The molecule has 5 rings (SSSR count). The Morgan fingerprint density at radius 3 is 2.46 bits per heavy atom. The number of hydrogen-bond acceptors (Lipinski definition) is 5. The monoisotopic (exact) mass is 682 g/mol. The molecule has 0 saturated heterocycles. The van der Waals surface area contributed by atoms with Crippen LogP contribution in [0.4, 0.5) is 13.2 Å². The number of unbranched alkanes of at least 4 members (excludes halogenated alkanes) is 1. The zero-order chi connectivity index (χ0) is 34.8. The fourth-order valence-corrected chi connectivity index (χ4v) is 5.34. The number of nitrogens with one attached hydrogen (secondary N) is 6. The maximum Gasteiger partial charge on any atom is 0.430 e. The number of H-pyrrole nitrogens is 3. The van der Waals surface area contributed by atoms with Crippen LogP contribution in [0, 0.1) is 6.92 Å². The van der Waals surface area contributed by atoms with Crippen LogP contribution in [0.5, 0.6) is 5.75 Å². The second kappa shape index (κ2) is 16.1. The zero-order valence-electron chi connectivity index (χ0n) is 26.6. The number of aryl methyl sites for hydroxylation is 1. The number of methoxy groups -OCH3 is 1. The average Bonchev–Trinajstić information content (AvgIpc) is 3.68. The van der Waals surface area contributed by atoms with E-state index in [1.807, 2.05) is 43.5 Å². The van der Waals surface area contributed by atoms with Gasteiger partial charge < -0.3 is 35.6 Å². The van der Waals surface area contributed by atoms with Crippen molar-refractivity contribution in [2.45, 2.75) is 44.8 Å². The number of aromatic amines is 3. The minimum absolute atomic E-state index is 0.0356. The Morgan fingerprint density at radius 2 is 1.77 bits per heavy atom. The van der Waals surface area contributed by atoms with Crippen molar-refractivity contribution in [3.8, 4) is 17.0 Å². The van der Waals surface area contributed by atoms with Gasteiger partial charge in [0.1, 0.15) is 24.0 Å². The lowest BCUT2D eigenvalue weighted by molar-refractivity contribution is -0.391. The second-order valence-electron chi connectivity index (χ2n) is 11.0. The molecule has 10 nitrogen and oxygen atoms in total. The fourth-order valence-electron chi connectivity index (χ4n) is 5.24. The molecule has 254 valence electrons. The number of carboxylic acids is 1. The fraction of sp³-hybridized carbons (Fsp3) is 0.294. The number of imidazole rings is 1. The van der Waals surface area contributed by atoms with Crippen LogP contribution in [0.1, 0.15) is 42.4 Å². The summed E-state index contributed by atoms with van der Waals surface area (Å²) in [5.74, 6) is -1.40. The Kier molecular flexibility index (Phi) is 12.0. The highest BCUT2D eigenvalue weighted by Crippen LogP contribution is 2.28. The molecular weight excluding hydrogens is 645 g/mol. The molecule has 2 heterocycles. The first-order valence-electron chi connectivity index (χ1n) is 15.2. The Balaban J connectivity index is 0.000000671. The van der Waals surface area contributed by atoms with Gasteiger partial charge in [-0.15, -0.1) is 0 Å². The van der Waals surface area contributed by atoms with E-state index in [9.17, 15) is 18.0 Å². The lowest BCUT2D eigenvalue weighted by Crippen LogP contribution is -2.37. The van der Waals surface area contributed by atoms with E-state index < -0.39 is 12.1 Å². The number of hydrogen-bond donors (Lipinski definition) is 5. The van der Waals surface area contributed by atoms with Crippen molar-refractivity contribution < 1.29 is 37.6 Å². The number of benzene rings is 3. The lowest BCUT2D eigenvalue weighted by Gasteiger charge is -2.15. The van der Waals surface area contributed by atoms with E-state index in [4.69, 9.17) is 26.9 Å². The quantitative estimate of drug-likeness (QED) is 0.102. The van der Waals surface area contributed by atoms with Crippen LogP contribution in [0.25, 0.3) is 32.9 Å². The largest absolute Gasteiger partial charge is 0.542 e. The summed E-state index contributed by atoms with van der Waals surface area (Å²) in [6.45, 7) is 2.78. The summed E-state index contributed by atoms with van der Waals surface area (Å²) >= 11 is 5.18. The molecule has 0 aliphatic carbocycles. The standard InChI is InChI=1S/C32H36N6O2S.C2HF3O2/c1-20-25(26-17-24(40-3)13-14-27(26)36-20)18-30(39)37-28(10-6-7-15-34-32(41)33-2)31-35-19-29(38-31)23-12-11-21-8-4-5-9-22(21)16-23;3-2(4,5)1(6)7/h4-5,8-9,11-14,16-17,19,28,36H,6-7,10,15,18H2,1-3H3,(H,35,38)(H,37,39)(H2,33,34,41);(H,6,7)/t28-;/m0./s1. The number of fused-ring (bicyclic) bond motifs is 2. The molecule has 6 N–H and O–H groups in total. The third kappa shape index (κ3) is 9.47. The van der Waals surface area contributed by atoms with Crippen molar-refractivity contribution in [2.24, 2.45) is 0 Å². The number of thiocarbonyl (C=S) groups is 1. The van der Waals surface area contributed by atoms with Crippen LogP contribution in [0.3, 0.4) is 0 Å². The number of halogens is 3. The molecule has 3 aromatic carbocycles. The molecule has 1 atom stereocenters. The highest BCUT2D eigenvalue weighted by atomic mass is 32.1. The van der Waals surface area contributed by atoms with Gasteiger partial charge >= 0.3 is 6.18 Å². The molecule has 0 fully saturated rings. The molecule has 0 saturated carbocycles. The van der Waals surface area contributed by atoms with Crippen molar-refractivity contribution in [1.82, 2.24) is 25.9 Å². The van der Waals surface area contributed by atoms with E-state index in [1.165, 1.54) is 10.8 Å². The molecule has 48 heavy (non-hydrogen) atoms. The number of ether oxygens (including phenoxy) is 1. The molecule has 2 aromatic heterocycles. The predicted octanol–water partition coefficient (Wildman–Crippen LogP) is 4.41. The number of aliphatic carboxylic acids is 1. The smallest absolute Gasteiger partial charge is 0.430 e. The SMILES string of the molecule is CNC(=S)NCCCC[C@H](NC(=O)Cc1c(C)[nH]c2ccc(OC)cc12)c1[nH]c(-c2ccc3ccccc3c2)c[nH+]1.O=C([O-])C(F)(F)F. The van der Waals surface area contributed by atoms with E-state index in [0.29, 0.717) is 5.11 Å². The maximum atomic E-state index is 13.5. The van der Waals surface area contributed by atoms with Gasteiger partial charge in [0.2, 0.25) is 5.91 Å². The second-order valence-corrected chi connectivity index (χ2v) is 11.4. The normalized spacial score (nSPS) is 11.8. The minimum atomic E-state index is -5.19. The summed E-state index contributed by atoms with van der Waals surface area (Å²) < 4.78 is 37.0. The first-order chi connectivity index (χ1) is 22.9. The van der Waals surface area contributed by atoms with E-state index in [1.54, 1.807) is 14.2 Å². The summed E-state index contributed by atoms with van der Waals surface area (Å²) in [6, 6.07) is 20.4. The van der Waals surface area contributed by atoms with Crippen molar-refractivity contribution >= 4 is 50.9 Å². The van der Waals surface area contributed by atoms with Crippen molar-refractivity contribution in [3.63, 3.8) is 0 Å². The molecule has 0 radical (unpaired) electrons. The maximum absolute atomic E-state index is 13.5. The van der Waals surface area contributed by atoms with E-state index in [0.717, 1.165) is 70.8 Å². The van der Waals surface area contributed by atoms with Gasteiger partial charge in [0.05, 0.1) is 13.5 Å². The highest BCUT2D eigenvalue weighted by molar-refractivity contribution is 7.80. The Labute approximate surface area is 280 Å². The number of amides is 1. The highest BCUT2D eigenvalue weighted by Gasteiger charge is 2.29. The number of rotatable bonds is 11. The third-order valence-electron chi connectivity index (χ3n) is 7.71. The van der Waals surface area contributed by atoms with Crippen molar-refractivity contribution in [2.75, 3.05) is 20.7 Å². The summed E-state index contributed by atoms with van der Waals surface area (Å²) in [5.41, 5.74) is 5.02. The first-order valence-corrected chi connectivity index (χ1v) is 15.6. The van der Waals surface area contributed by atoms with E-state index in [2.05, 4.69) is 61.2 Å². The molecule has 0 aliphatic rings. The summed E-state index contributed by atoms with van der Waals surface area (Å²) in [6.07, 6.45) is -0.346. The topological polar surface area (TPSA) is 148 Å². The van der Waals surface area contributed by atoms with E-state index in [-0.39, 0.29) is 18.4 Å². The van der Waals surface area contributed by atoms with Crippen molar-refractivity contribution in [3.05, 3.63) is 83.9 Å². The minimum Gasteiger partial charge on any atom is -0.542 e. The van der Waals surface area contributed by atoms with Crippen LogP contribution in [0.15, 0.2) is 66.9 Å². The zero-order valence-corrected chi connectivity index (χ0v) is 27.5. The molecule has 0 unspecified atom stereocenters. The van der Waals surface area contributed by atoms with Gasteiger partial charge in [-0.3, -0.25) is 4.79 Å². The predicted molar refractivity (Wildman–Crippen MR) is 179 cm³/mol. The van der Waals surface area contributed by atoms with Crippen LogP contribution in [-0.4, -0.2) is 53.8 Å². The van der Waals surface area contributed by atoms with Gasteiger partial charge in [-0.25, -0.2) is 9.97 Å². The van der Waals surface area contributed by atoms with Gasteiger partial charge in [-0.1, -0.05) is 30.3 Å². The van der Waals surface area contributed by atoms with Crippen LogP contribution >= 0.6 is 12.2 Å². The van der Waals surface area contributed by atoms with Crippen LogP contribution in [0.2, 0.25) is 0 Å². The van der Waals surface area contributed by atoms with Crippen molar-refractivity contribution in [1.29, 1.82) is 0 Å². The lowest BCUT2D eigenvalue weighted by atomic mass is 10.0. The molecule has 14 heteroatoms. The van der Waals surface area contributed by atoms with Crippen LogP contribution in [-0.2, 0) is 16.0 Å². The molecule has 0 spiro atoms. The van der Waals surface area contributed by atoms with Gasteiger partial charge in [-0.05, 0) is 85.1 Å². The molecular formula is C34H37F3N6O4S. The molecule has 1 amide bonds. The molecule has 5 aromatic rings. The molecule has 0 bridgehead atoms. The number of carbonyl (C=O) groups is 2. The molecule has 0 aliphatic heterocycles. The summed E-state index contributed by atoms with van der Waals surface area (Å²) in [5, 5.41) is 22.2. The van der Waals surface area contributed by atoms with Gasteiger partial charge in [-0.2, -0.15) is 13.2 Å². The Hall–Kier alpha value is -5.11. The number of carbonyl (C=O) groups excluding carboxylic acids is 2. The number of alkyl halides is 3. The van der Waals surface area contributed by atoms with Crippen LogP contribution < -0.4 is 30.8 Å². The number of aromatic nitrogens is 3. The van der Waals surface area contributed by atoms with Gasteiger partial charge in [0.15, 0.2) is 10.8 Å². The van der Waals surface area contributed by atoms with Gasteiger partial charge in [0.25, 0.3) is 5.82 Å². The number of carboxylic acid groups (broad SMARTS) is 1. The van der Waals surface area contributed by atoms with E-state index >= 15 is 0 Å². The summed E-state index contributed by atoms with van der Waals surface area (Å²) in [4.78, 5) is 32.6.